The highest BCUT2D eigenvalue weighted by Crippen LogP contribution is 2.27. The molecule has 0 radical (unpaired) electrons. The highest BCUT2D eigenvalue weighted by Gasteiger charge is 2.25. The van der Waals surface area contributed by atoms with Crippen molar-refractivity contribution in [1.82, 2.24) is 30.3 Å². The summed E-state index contributed by atoms with van der Waals surface area (Å²) in [5, 5.41) is 11.5. The monoisotopic (exact) mass is 396 g/mol. The largest absolute Gasteiger partial charge is 0.361 e. The summed E-state index contributed by atoms with van der Waals surface area (Å²) in [5.41, 5.74) is 4.90. The van der Waals surface area contributed by atoms with Gasteiger partial charge in [-0.05, 0) is 52.0 Å². The predicted octanol–water partition coefficient (Wildman–Crippen LogP) is 2.46. The van der Waals surface area contributed by atoms with Gasteiger partial charge in [0.2, 0.25) is 5.91 Å². The van der Waals surface area contributed by atoms with E-state index in [1.54, 1.807) is 13.3 Å². The number of nitrogens with zero attached hydrogens (tertiary/aromatic N) is 6. The van der Waals surface area contributed by atoms with Gasteiger partial charge in [0.05, 0.1) is 23.4 Å². The van der Waals surface area contributed by atoms with Crippen molar-refractivity contribution in [1.29, 1.82) is 0 Å². The number of likely N-dealkylation sites (tertiary alicyclic amines) is 1. The van der Waals surface area contributed by atoms with Crippen molar-refractivity contribution < 1.29 is 13.9 Å². The summed E-state index contributed by atoms with van der Waals surface area (Å²) in [6, 6.07) is 2.02. The minimum atomic E-state index is 0.0741. The molecule has 1 saturated heterocycles. The zero-order valence-corrected chi connectivity index (χ0v) is 16.9. The lowest BCUT2D eigenvalue weighted by atomic mass is 9.91. The van der Waals surface area contributed by atoms with E-state index in [1.165, 1.54) is 0 Å². The van der Waals surface area contributed by atoms with E-state index in [-0.39, 0.29) is 12.3 Å². The molecule has 3 aromatic heterocycles. The van der Waals surface area contributed by atoms with Gasteiger partial charge in [-0.1, -0.05) is 15.5 Å². The second kappa shape index (κ2) is 8.10. The molecule has 152 valence electrons. The summed E-state index contributed by atoms with van der Waals surface area (Å²) in [5.74, 6) is 1.32. The van der Waals surface area contributed by atoms with Gasteiger partial charge in [-0.2, -0.15) is 0 Å². The van der Waals surface area contributed by atoms with Crippen LogP contribution in [0.1, 0.15) is 41.4 Å². The first kappa shape index (κ1) is 19.2. The smallest absolute Gasteiger partial charge is 0.228 e. The molecule has 0 N–H and O–H groups in total. The number of carbonyl (C=O) groups excluding carboxylic acids is 1. The van der Waals surface area contributed by atoms with Crippen LogP contribution in [0, 0.1) is 26.7 Å². The van der Waals surface area contributed by atoms with Crippen LogP contribution < -0.4 is 0 Å². The zero-order chi connectivity index (χ0) is 20.4. The molecule has 9 nitrogen and oxygen atoms in total. The minimum Gasteiger partial charge on any atom is -0.361 e. The van der Waals surface area contributed by atoms with Crippen LogP contribution in [0.4, 0.5) is 0 Å². The van der Waals surface area contributed by atoms with E-state index in [2.05, 4.69) is 30.1 Å². The second-order valence-electron chi connectivity index (χ2n) is 7.60. The Morgan fingerprint density at radius 2 is 1.90 bits per heavy atom. The van der Waals surface area contributed by atoms with Gasteiger partial charge in [0.15, 0.2) is 0 Å². The molecule has 0 atom stereocenters. The Hall–Kier alpha value is -3.10. The van der Waals surface area contributed by atoms with E-state index in [0.717, 1.165) is 60.8 Å². The van der Waals surface area contributed by atoms with Crippen molar-refractivity contribution in [2.45, 2.75) is 46.5 Å². The van der Waals surface area contributed by atoms with Gasteiger partial charge in [-0.25, -0.2) is 14.6 Å². The van der Waals surface area contributed by atoms with Crippen molar-refractivity contribution >= 4 is 5.91 Å². The number of hydrogen-bond acceptors (Lipinski definition) is 8. The fourth-order valence-corrected chi connectivity index (χ4v) is 3.84. The van der Waals surface area contributed by atoms with Gasteiger partial charge in [0.25, 0.3) is 0 Å². The lowest BCUT2D eigenvalue weighted by molar-refractivity contribution is -0.131. The molecule has 3 aromatic rings. The van der Waals surface area contributed by atoms with Gasteiger partial charge in [-0.15, -0.1) is 0 Å². The maximum Gasteiger partial charge on any atom is 0.228 e. The Kier molecular flexibility index (Phi) is 5.37. The van der Waals surface area contributed by atoms with Gasteiger partial charge in [0, 0.05) is 18.8 Å². The Balaban J connectivity index is 1.35. The summed E-state index contributed by atoms with van der Waals surface area (Å²) in [4.78, 5) is 23.2. The molecule has 4 rings (SSSR count). The molecule has 0 saturated carbocycles. The van der Waals surface area contributed by atoms with E-state index in [9.17, 15) is 4.79 Å². The normalized spacial score (nSPS) is 15.1. The quantitative estimate of drug-likeness (QED) is 0.647. The van der Waals surface area contributed by atoms with E-state index in [4.69, 9.17) is 4.52 Å². The van der Waals surface area contributed by atoms with Crippen molar-refractivity contribution in [3.8, 4) is 11.3 Å². The fourth-order valence-electron chi connectivity index (χ4n) is 3.84. The lowest BCUT2D eigenvalue weighted by Gasteiger charge is -2.31. The van der Waals surface area contributed by atoms with E-state index in [1.807, 2.05) is 24.8 Å². The third-order valence-electron chi connectivity index (χ3n) is 5.54. The van der Waals surface area contributed by atoms with Crippen LogP contribution in [-0.4, -0.2) is 49.3 Å². The van der Waals surface area contributed by atoms with Gasteiger partial charge in [-0.3, -0.25) is 4.79 Å². The number of amides is 1. The minimum absolute atomic E-state index is 0.0741. The Bertz CT molecular complexity index is 984. The van der Waals surface area contributed by atoms with Crippen molar-refractivity contribution in [3.63, 3.8) is 0 Å². The first-order valence-electron chi connectivity index (χ1n) is 9.81. The topological polar surface area (TPSA) is 111 Å². The van der Waals surface area contributed by atoms with E-state index >= 15 is 0 Å². The lowest BCUT2D eigenvalue weighted by Crippen LogP contribution is -2.39. The predicted molar refractivity (Wildman–Crippen MR) is 103 cm³/mol. The summed E-state index contributed by atoms with van der Waals surface area (Å²) in [6.07, 6.45) is 4.61. The number of aromatic nitrogens is 5. The van der Waals surface area contributed by atoms with Crippen LogP contribution in [0.15, 0.2) is 21.5 Å². The third kappa shape index (κ3) is 4.18. The average Bonchev–Trinajstić information content (AvgIpc) is 3.27. The Morgan fingerprint density at radius 3 is 2.55 bits per heavy atom. The number of piperidine rings is 1. The number of rotatable bonds is 5. The molecular formula is C20H24N6O3. The van der Waals surface area contributed by atoms with Crippen molar-refractivity contribution in [3.05, 3.63) is 40.9 Å². The van der Waals surface area contributed by atoms with Gasteiger partial charge in [0.1, 0.15) is 23.5 Å². The first-order valence-corrected chi connectivity index (χ1v) is 9.81. The Morgan fingerprint density at radius 1 is 1.10 bits per heavy atom. The molecule has 0 aliphatic carbocycles. The summed E-state index contributed by atoms with van der Waals surface area (Å²) in [7, 11) is 0. The molecule has 0 spiro atoms. The van der Waals surface area contributed by atoms with Crippen LogP contribution >= 0.6 is 0 Å². The SMILES string of the molecule is Cc1nonc1CC(=O)N1CCC(Cc2cc(-c3c(C)noc3C)ncn2)CC1. The molecule has 1 fully saturated rings. The molecule has 1 aliphatic rings. The maximum atomic E-state index is 12.5. The summed E-state index contributed by atoms with van der Waals surface area (Å²) >= 11 is 0. The van der Waals surface area contributed by atoms with Gasteiger partial charge < -0.3 is 9.42 Å². The number of hydrogen-bond donors (Lipinski definition) is 0. The van der Waals surface area contributed by atoms with Crippen LogP contribution in [0.25, 0.3) is 11.3 Å². The first-order chi connectivity index (χ1) is 14.0. The maximum absolute atomic E-state index is 12.5. The molecule has 29 heavy (non-hydrogen) atoms. The molecule has 1 amide bonds. The second-order valence-corrected chi connectivity index (χ2v) is 7.60. The molecule has 4 heterocycles. The van der Waals surface area contributed by atoms with Gasteiger partial charge >= 0.3 is 0 Å². The summed E-state index contributed by atoms with van der Waals surface area (Å²) < 4.78 is 9.93. The van der Waals surface area contributed by atoms with Crippen LogP contribution in [0.3, 0.4) is 0 Å². The van der Waals surface area contributed by atoms with E-state index in [0.29, 0.717) is 17.3 Å². The molecule has 0 unspecified atom stereocenters. The standard InChI is InChI=1S/C20H24N6O3/c1-12-17(25-29-24-12)10-19(27)26-6-4-15(5-7-26)8-16-9-18(22-11-21-16)20-13(2)23-28-14(20)3/h9,11,15H,4-8,10H2,1-3H3. The molecule has 1 aliphatic heterocycles. The Labute approximate surface area is 168 Å². The van der Waals surface area contributed by atoms with Crippen LogP contribution in [0.2, 0.25) is 0 Å². The molecule has 9 heteroatoms. The summed E-state index contributed by atoms with van der Waals surface area (Å²) in [6.45, 7) is 7.09. The molecular weight excluding hydrogens is 372 g/mol. The number of carbonyl (C=O) groups is 1. The zero-order valence-electron chi connectivity index (χ0n) is 16.9. The molecule has 0 aromatic carbocycles. The third-order valence-corrected chi connectivity index (χ3v) is 5.54. The molecule has 0 bridgehead atoms. The van der Waals surface area contributed by atoms with Crippen molar-refractivity contribution in [2.24, 2.45) is 5.92 Å². The number of aryl methyl sites for hydroxylation is 3. The fraction of sp³-hybridized carbons (Fsp3) is 0.500. The van der Waals surface area contributed by atoms with Crippen molar-refractivity contribution in [2.75, 3.05) is 13.1 Å². The van der Waals surface area contributed by atoms with Crippen LogP contribution in [-0.2, 0) is 17.6 Å². The highest BCUT2D eigenvalue weighted by molar-refractivity contribution is 5.78. The highest BCUT2D eigenvalue weighted by atomic mass is 16.6. The van der Waals surface area contributed by atoms with E-state index < -0.39 is 0 Å². The average molecular weight is 396 g/mol. The van der Waals surface area contributed by atoms with Crippen LogP contribution in [0.5, 0.6) is 0 Å².